The molecule has 2 saturated heterocycles. The normalized spacial score (nSPS) is 28.8. The van der Waals surface area contributed by atoms with E-state index in [9.17, 15) is 19.2 Å². The highest BCUT2D eigenvalue weighted by Gasteiger charge is 2.62. The Kier molecular flexibility index (Phi) is 6.04. The van der Waals surface area contributed by atoms with E-state index in [1.54, 1.807) is 23.2 Å². The van der Waals surface area contributed by atoms with E-state index in [1.165, 1.54) is 18.7 Å². The smallest absolute Gasteiger partial charge is 0.410 e. The molecule has 4 aliphatic rings. The van der Waals surface area contributed by atoms with Gasteiger partial charge in [0.1, 0.15) is 6.10 Å². The molecule has 5 rings (SSSR count). The molecule has 10 heteroatoms. The summed E-state index contributed by atoms with van der Waals surface area (Å²) < 4.78 is 5.38. The van der Waals surface area contributed by atoms with Crippen LogP contribution in [0.1, 0.15) is 30.1 Å². The topological polar surface area (TPSA) is 121 Å². The van der Waals surface area contributed by atoms with Gasteiger partial charge in [-0.15, -0.1) is 0 Å². The lowest BCUT2D eigenvalue weighted by Gasteiger charge is -2.27. The summed E-state index contributed by atoms with van der Waals surface area (Å²) in [4.78, 5) is 55.8. The van der Waals surface area contributed by atoms with Crippen LogP contribution in [0.15, 0.2) is 48.3 Å². The molecule has 2 N–H and O–H groups in total. The molecule has 2 aliphatic carbocycles. The monoisotopic (exact) mass is 479 g/mol. The lowest BCUT2D eigenvalue weighted by atomic mass is 9.88. The molecule has 1 aromatic rings. The van der Waals surface area contributed by atoms with Gasteiger partial charge in [0.15, 0.2) is 0 Å². The van der Waals surface area contributed by atoms with Crippen molar-refractivity contribution in [3.05, 3.63) is 53.9 Å². The minimum atomic E-state index is -0.361. The fourth-order valence-corrected chi connectivity index (χ4v) is 5.37. The van der Waals surface area contributed by atoms with Crippen LogP contribution in [0.3, 0.4) is 0 Å². The van der Waals surface area contributed by atoms with Crippen LogP contribution in [0.2, 0.25) is 0 Å². The second-order valence-corrected chi connectivity index (χ2v) is 9.67. The number of amides is 4. The molecule has 0 bridgehead atoms. The number of cyclic esters (lactones) is 1. The third-order valence-electron chi connectivity index (χ3n) is 7.36. The first-order valence-electron chi connectivity index (χ1n) is 11.9. The van der Waals surface area contributed by atoms with Crippen molar-refractivity contribution in [3.63, 3.8) is 0 Å². The van der Waals surface area contributed by atoms with Crippen LogP contribution >= 0.6 is 0 Å². The maximum atomic E-state index is 12.7. The third kappa shape index (κ3) is 4.65. The maximum Gasteiger partial charge on any atom is 0.410 e. The van der Waals surface area contributed by atoms with E-state index in [0.29, 0.717) is 44.1 Å². The number of allylic oxidation sites excluding steroid dienone is 1. The Labute approximate surface area is 203 Å². The van der Waals surface area contributed by atoms with E-state index >= 15 is 0 Å². The quantitative estimate of drug-likeness (QED) is 0.599. The first-order chi connectivity index (χ1) is 16.9. The molecule has 184 valence electrons. The molecule has 1 aromatic heterocycles. The fraction of sp³-hybridized carbons (Fsp3) is 0.480. The van der Waals surface area contributed by atoms with Crippen LogP contribution < -0.4 is 10.6 Å². The number of piperidine rings is 1. The number of hydrogen-bond donors (Lipinski definition) is 2. The number of hydrogen-bond acceptors (Lipinski definition) is 6. The Morgan fingerprint density at radius 2 is 2.11 bits per heavy atom. The van der Waals surface area contributed by atoms with Crippen LogP contribution in [0.25, 0.3) is 0 Å². The lowest BCUT2D eigenvalue weighted by molar-refractivity contribution is -0.129. The van der Waals surface area contributed by atoms with Crippen molar-refractivity contribution in [1.82, 2.24) is 25.4 Å². The maximum absolute atomic E-state index is 12.7. The highest BCUT2D eigenvalue weighted by molar-refractivity contribution is 5.96. The Balaban J connectivity index is 1.12. The van der Waals surface area contributed by atoms with Crippen LogP contribution in [0, 0.1) is 11.3 Å². The van der Waals surface area contributed by atoms with Gasteiger partial charge in [-0.05, 0) is 36.5 Å². The summed E-state index contributed by atoms with van der Waals surface area (Å²) in [5.74, 6) is -0.124. The van der Waals surface area contributed by atoms with Crippen molar-refractivity contribution in [2.75, 3.05) is 32.7 Å². The standard InChI is InChI=1S/C25H29N5O5/c1-16(31)27-11-21-14-30(24(34)35-21)20-6-4-18(5-7-20)25-9-19(25)13-29(15-25)22(32)12-28-23(33)17-3-2-8-26-10-17/h2-6,8,10,19-21H,7,9,11-15H2,1H3,(H,27,31)(H,28,33)/t19?,20?,21-,25?/m0/s1. The number of likely N-dealkylation sites (tertiary alicyclic amines) is 1. The molecule has 4 amide bonds. The second-order valence-electron chi connectivity index (χ2n) is 9.67. The molecule has 0 spiro atoms. The molecule has 2 aliphatic heterocycles. The van der Waals surface area contributed by atoms with E-state index in [4.69, 9.17) is 4.74 Å². The van der Waals surface area contributed by atoms with Gasteiger partial charge in [-0.2, -0.15) is 0 Å². The van der Waals surface area contributed by atoms with Gasteiger partial charge < -0.3 is 20.3 Å². The van der Waals surface area contributed by atoms with Gasteiger partial charge in [0, 0.05) is 37.8 Å². The molecule has 3 fully saturated rings. The molecule has 0 aromatic carbocycles. The van der Waals surface area contributed by atoms with E-state index < -0.39 is 0 Å². The molecule has 3 unspecified atom stereocenters. The van der Waals surface area contributed by atoms with Crippen molar-refractivity contribution >= 4 is 23.8 Å². The highest BCUT2D eigenvalue weighted by atomic mass is 16.6. The molecule has 35 heavy (non-hydrogen) atoms. The number of fused-ring (bicyclic) bond motifs is 1. The number of rotatable bonds is 7. The Morgan fingerprint density at radius 3 is 2.83 bits per heavy atom. The predicted octanol–water partition coefficient (Wildman–Crippen LogP) is 0.872. The summed E-state index contributed by atoms with van der Waals surface area (Å²) >= 11 is 0. The van der Waals surface area contributed by atoms with Crippen LogP contribution in [-0.2, 0) is 14.3 Å². The van der Waals surface area contributed by atoms with Crippen LogP contribution in [-0.4, -0.2) is 83.5 Å². The minimum Gasteiger partial charge on any atom is -0.442 e. The Morgan fingerprint density at radius 1 is 1.26 bits per heavy atom. The molecular formula is C25H29N5O5. The van der Waals surface area contributed by atoms with Gasteiger partial charge >= 0.3 is 6.09 Å². The Hall–Kier alpha value is -3.69. The van der Waals surface area contributed by atoms with Gasteiger partial charge in [0.25, 0.3) is 5.91 Å². The van der Waals surface area contributed by atoms with Crippen molar-refractivity contribution in [2.45, 2.75) is 31.9 Å². The summed E-state index contributed by atoms with van der Waals surface area (Å²) in [6.45, 7) is 3.49. The average Bonchev–Trinajstić information content (AvgIpc) is 3.23. The van der Waals surface area contributed by atoms with Crippen LogP contribution in [0.4, 0.5) is 4.79 Å². The number of aromatic nitrogens is 1. The summed E-state index contributed by atoms with van der Waals surface area (Å²) in [6.07, 6.45) is 10.4. The summed E-state index contributed by atoms with van der Waals surface area (Å²) in [5, 5.41) is 5.38. The van der Waals surface area contributed by atoms with Gasteiger partial charge in [-0.1, -0.05) is 18.2 Å². The zero-order chi connectivity index (χ0) is 24.6. The van der Waals surface area contributed by atoms with Gasteiger partial charge in [-0.25, -0.2) is 4.79 Å². The lowest BCUT2D eigenvalue weighted by Crippen LogP contribution is -2.40. The van der Waals surface area contributed by atoms with Crippen LogP contribution in [0.5, 0.6) is 0 Å². The zero-order valence-corrected chi connectivity index (χ0v) is 19.6. The minimum absolute atomic E-state index is 0.0239. The summed E-state index contributed by atoms with van der Waals surface area (Å²) in [7, 11) is 0. The predicted molar refractivity (Wildman–Crippen MR) is 125 cm³/mol. The third-order valence-corrected chi connectivity index (χ3v) is 7.36. The first-order valence-corrected chi connectivity index (χ1v) is 11.9. The molecular weight excluding hydrogens is 450 g/mol. The summed E-state index contributed by atoms with van der Waals surface area (Å²) in [5.41, 5.74) is 1.62. The number of carbonyl (C=O) groups is 4. The number of pyridine rings is 1. The number of nitrogens with one attached hydrogen (secondary N) is 2. The van der Waals surface area contributed by atoms with Gasteiger partial charge in [-0.3, -0.25) is 24.3 Å². The number of carbonyl (C=O) groups excluding carboxylic acids is 4. The number of nitrogens with zero attached hydrogens (tertiary/aromatic N) is 3. The number of ether oxygens (including phenoxy) is 1. The molecule has 0 radical (unpaired) electrons. The second kappa shape index (κ2) is 9.16. The van der Waals surface area contributed by atoms with E-state index in [1.807, 2.05) is 11.0 Å². The fourth-order valence-electron chi connectivity index (χ4n) is 5.37. The molecule has 10 nitrogen and oxygen atoms in total. The molecule has 4 atom stereocenters. The summed E-state index contributed by atoms with van der Waals surface area (Å²) in [6, 6.07) is 3.26. The van der Waals surface area contributed by atoms with E-state index in [0.717, 1.165) is 6.42 Å². The van der Waals surface area contributed by atoms with E-state index in [-0.39, 0.29) is 47.9 Å². The van der Waals surface area contributed by atoms with Gasteiger partial charge in [0.05, 0.1) is 31.2 Å². The molecule has 1 saturated carbocycles. The average molecular weight is 480 g/mol. The van der Waals surface area contributed by atoms with Crippen molar-refractivity contribution in [1.29, 1.82) is 0 Å². The largest absolute Gasteiger partial charge is 0.442 e. The zero-order valence-electron chi connectivity index (χ0n) is 19.6. The van der Waals surface area contributed by atoms with Crippen molar-refractivity contribution in [2.24, 2.45) is 11.3 Å². The Bertz CT molecular complexity index is 1100. The van der Waals surface area contributed by atoms with Gasteiger partial charge in [0.2, 0.25) is 11.8 Å². The first kappa shape index (κ1) is 23.1. The van der Waals surface area contributed by atoms with Crippen molar-refractivity contribution in [3.8, 4) is 0 Å². The molecule has 3 heterocycles. The van der Waals surface area contributed by atoms with E-state index in [2.05, 4.69) is 27.8 Å². The highest BCUT2D eigenvalue weighted by Crippen LogP contribution is 2.63. The SMILES string of the molecule is CC(=O)NC[C@H]1CN(C2C=CC(C34CC3CN(C(=O)CNC(=O)c3cccnc3)C4)=CC2)C(=O)O1. The van der Waals surface area contributed by atoms with Crippen molar-refractivity contribution < 1.29 is 23.9 Å².